The Labute approximate surface area is 169 Å². The van der Waals surface area contributed by atoms with Gasteiger partial charge in [-0.1, -0.05) is 0 Å². The van der Waals surface area contributed by atoms with Crippen molar-refractivity contribution in [2.45, 2.75) is 51.3 Å². The summed E-state index contributed by atoms with van der Waals surface area (Å²) in [6, 6.07) is 5.21. The Morgan fingerprint density at radius 3 is 2.66 bits per heavy atom. The number of nitrogens with zero attached hydrogens (tertiary/aromatic N) is 1. The zero-order valence-electron chi connectivity index (χ0n) is 17.1. The molecule has 1 atom stereocenters. The number of benzene rings is 1. The van der Waals surface area contributed by atoms with E-state index in [2.05, 4.69) is 10.6 Å². The lowest BCUT2D eigenvalue weighted by molar-refractivity contribution is -0.127. The molecule has 29 heavy (non-hydrogen) atoms. The Morgan fingerprint density at radius 1 is 1.28 bits per heavy atom. The topological polar surface area (TPSA) is 106 Å². The van der Waals surface area contributed by atoms with Gasteiger partial charge in [-0.25, -0.2) is 4.79 Å². The molecule has 1 aliphatic carbocycles. The van der Waals surface area contributed by atoms with E-state index in [0.717, 1.165) is 12.8 Å². The summed E-state index contributed by atoms with van der Waals surface area (Å²) in [4.78, 5) is 37.9. The molecule has 9 heteroatoms. The molecule has 1 aliphatic heterocycles. The van der Waals surface area contributed by atoms with Gasteiger partial charge in [0.2, 0.25) is 6.10 Å². The zero-order chi connectivity index (χ0) is 21.2. The predicted molar refractivity (Wildman–Crippen MR) is 105 cm³/mol. The third-order valence-electron chi connectivity index (χ3n) is 4.33. The van der Waals surface area contributed by atoms with E-state index in [1.807, 2.05) is 20.8 Å². The number of carbonyl (C=O) groups is 3. The molecule has 3 rings (SSSR count). The van der Waals surface area contributed by atoms with Crippen LogP contribution in [0.25, 0.3) is 0 Å². The van der Waals surface area contributed by atoms with Crippen molar-refractivity contribution >= 4 is 23.6 Å². The van der Waals surface area contributed by atoms with Gasteiger partial charge in [0.25, 0.3) is 11.8 Å². The van der Waals surface area contributed by atoms with Crippen LogP contribution < -0.4 is 25.0 Å². The molecule has 158 valence electrons. The third-order valence-corrected chi connectivity index (χ3v) is 4.33. The minimum atomic E-state index is -1.08. The Balaban J connectivity index is 1.64. The highest BCUT2D eigenvalue weighted by Gasteiger charge is 2.33. The Kier molecular flexibility index (Phi) is 5.86. The molecule has 1 aromatic rings. The number of nitrogens with one attached hydrogen (secondary N) is 2. The lowest BCUT2D eigenvalue weighted by Crippen LogP contribution is -2.46. The first kappa shape index (κ1) is 20.8. The maximum Gasteiger partial charge on any atom is 0.408 e. The summed E-state index contributed by atoms with van der Waals surface area (Å²) in [6.07, 6.45) is 0.241. The SMILES string of the molecule is CN1C(=O)[C@@H](OC(=O)NC(C)(C)C)COc2ccc(OCC(=O)NC3CC3)cc21. The maximum atomic E-state index is 12.8. The summed E-state index contributed by atoms with van der Waals surface area (Å²) in [5.41, 5.74) is -0.0176. The molecule has 2 N–H and O–H groups in total. The van der Waals surface area contributed by atoms with Crippen molar-refractivity contribution in [3.8, 4) is 11.5 Å². The quantitative estimate of drug-likeness (QED) is 0.771. The van der Waals surface area contributed by atoms with E-state index in [0.29, 0.717) is 17.2 Å². The summed E-state index contributed by atoms with van der Waals surface area (Å²) >= 11 is 0. The fraction of sp³-hybridized carbons (Fsp3) is 0.550. The molecule has 9 nitrogen and oxygen atoms in total. The minimum absolute atomic E-state index is 0.0995. The van der Waals surface area contributed by atoms with Gasteiger partial charge < -0.3 is 29.7 Å². The van der Waals surface area contributed by atoms with Crippen LogP contribution in [0.4, 0.5) is 10.5 Å². The highest BCUT2D eigenvalue weighted by atomic mass is 16.6. The Hall–Kier alpha value is -2.97. The van der Waals surface area contributed by atoms with Crippen LogP contribution in [0.15, 0.2) is 18.2 Å². The number of likely N-dealkylation sites (N-methyl/N-ethyl adjacent to an activating group) is 1. The van der Waals surface area contributed by atoms with Gasteiger partial charge in [0.1, 0.15) is 18.1 Å². The lowest BCUT2D eigenvalue weighted by atomic mass is 10.1. The van der Waals surface area contributed by atoms with Crippen molar-refractivity contribution in [2.75, 3.05) is 25.2 Å². The van der Waals surface area contributed by atoms with Crippen LogP contribution in [-0.4, -0.2) is 55.9 Å². The van der Waals surface area contributed by atoms with E-state index in [-0.39, 0.29) is 25.2 Å². The van der Waals surface area contributed by atoms with Crippen LogP contribution in [0.2, 0.25) is 0 Å². The molecule has 0 saturated heterocycles. The van der Waals surface area contributed by atoms with E-state index in [1.54, 1.807) is 25.2 Å². The molecule has 3 amide bonds. The third kappa shape index (κ3) is 5.75. The van der Waals surface area contributed by atoms with Gasteiger partial charge in [0.05, 0.1) is 5.69 Å². The average molecular weight is 405 g/mol. The number of ether oxygens (including phenoxy) is 3. The van der Waals surface area contributed by atoms with E-state index in [9.17, 15) is 14.4 Å². The predicted octanol–water partition coefficient (Wildman–Crippen LogP) is 1.59. The Morgan fingerprint density at radius 2 is 2.00 bits per heavy atom. The van der Waals surface area contributed by atoms with Crippen molar-refractivity contribution in [3.05, 3.63) is 18.2 Å². The summed E-state index contributed by atoms with van der Waals surface area (Å²) in [5, 5.41) is 5.50. The molecular formula is C20H27N3O6. The number of anilines is 1. The van der Waals surface area contributed by atoms with E-state index < -0.39 is 23.6 Å². The van der Waals surface area contributed by atoms with Gasteiger partial charge in [-0.15, -0.1) is 0 Å². The lowest BCUT2D eigenvalue weighted by Gasteiger charge is -2.23. The number of alkyl carbamates (subject to hydrolysis) is 1. The molecule has 1 saturated carbocycles. The molecule has 0 spiro atoms. The number of amides is 3. The molecule has 2 aliphatic rings. The fourth-order valence-electron chi connectivity index (χ4n) is 2.74. The summed E-state index contributed by atoms with van der Waals surface area (Å²) in [7, 11) is 1.57. The second-order valence-corrected chi connectivity index (χ2v) is 8.24. The van der Waals surface area contributed by atoms with Crippen molar-refractivity contribution < 1.29 is 28.6 Å². The molecule has 0 bridgehead atoms. The first-order valence-electron chi connectivity index (χ1n) is 9.58. The summed E-state index contributed by atoms with van der Waals surface area (Å²) in [6.45, 7) is 5.24. The first-order valence-corrected chi connectivity index (χ1v) is 9.58. The molecular weight excluding hydrogens is 378 g/mol. The Bertz CT molecular complexity index is 800. The van der Waals surface area contributed by atoms with Crippen LogP contribution in [0.1, 0.15) is 33.6 Å². The molecule has 0 unspecified atom stereocenters. The van der Waals surface area contributed by atoms with Gasteiger partial charge in [0, 0.05) is 24.7 Å². The van der Waals surface area contributed by atoms with Crippen molar-refractivity contribution in [1.82, 2.24) is 10.6 Å². The highest BCUT2D eigenvalue weighted by molar-refractivity contribution is 5.99. The first-order chi connectivity index (χ1) is 13.6. The van der Waals surface area contributed by atoms with Gasteiger partial charge in [-0.05, 0) is 45.7 Å². The van der Waals surface area contributed by atoms with Crippen LogP contribution in [0, 0.1) is 0 Å². The monoisotopic (exact) mass is 405 g/mol. The van der Waals surface area contributed by atoms with Crippen molar-refractivity contribution in [2.24, 2.45) is 0 Å². The van der Waals surface area contributed by atoms with Crippen LogP contribution in [-0.2, 0) is 14.3 Å². The fourth-order valence-corrected chi connectivity index (χ4v) is 2.74. The van der Waals surface area contributed by atoms with Crippen LogP contribution in [0.5, 0.6) is 11.5 Å². The average Bonchev–Trinajstić information content (AvgIpc) is 3.45. The smallest absolute Gasteiger partial charge is 0.408 e. The van der Waals surface area contributed by atoms with Crippen molar-refractivity contribution in [3.63, 3.8) is 0 Å². The zero-order valence-corrected chi connectivity index (χ0v) is 17.1. The number of hydrogen-bond donors (Lipinski definition) is 2. The summed E-state index contributed by atoms with van der Waals surface area (Å²) in [5.74, 6) is 0.290. The van der Waals surface area contributed by atoms with Gasteiger partial charge in [-0.3, -0.25) is 9.59 Å². The second kappa shape index (κ2) is 8.18. The van der Waals surface area contributed by atoms with Crippen LogP contribution in [0.3, 0.4) is 0 Å². The number of hydrogen-bond acceptors (Lipinski definition) is 6. The normalized spacial score (nSPS) is 18.8. The highest BCUT2D eigenvalue weighted by Crippen LogP contribution is 2.34. The van der Waals surface area contributed by atoms with Crippen molar-refractivity contribution in [1.29, 1.82) is 0 Å². The number of fused-ring (bicyclic) bond motifs is 1. The standard InChI is InChI=1S/C20H27N3O6/c1-20(2,3)22-19(26)29-16-10-28-15-8-7-13(9-14(15)23(4)18(16)25)27-11-17(24)21-12-5-6-12/h7-9,12,16H,5-6,10-11H2,1-4H3,(H,21,24)(H,22,26)/t16-/m0/s1. The maximum absolute atomic E-state index is 12.8. The van der Waals surface area contributed by atoms with Gasteiger partial charge in [0.15, 0.2) is 6.61 Å². The molecule has 1 aromatic carbocycles. The second-order valence-electron chi connectivity index (χ2n) is 8.24. The summed E-state index contributed by atoms with van der Waals surface area (Å²) < 4.78 is 16.5. The van der Waals surface area contributed by atoms with E-state index in [4.69, 9.17) is 14.2 Å². The molecule has 1 heterocycles. The number of carbonyl (C=O) groups excluding carboxylic acids is 3. The van der Waals surface area contributed by atoms with Gasteiger partial charge >= 0.3 is 6.09 Å². The van der Waals surface area contributed by atoms with E-state index in [1.165, 1.54) is 4.90 Å². The minimum Gasteiger partial charge on any atom is -0.487 e. The van der Waals surface area contributed by atoms with Crippen LogP contribution >= 0.6 is 0 Å². The molecule has 0 aromatic heterocycles. The van der Waals surface area contributed by atoms with Gasteiger partial charge in [-0.2, -0.15) is 0 Å². The molecule has 0 radical (unpaired) electrons. The number of rotatable bonds is 5. The largest absolute Gasteiger partial charge is 0.487 e. The van der Waals surface area contributed by atoms with E-state index >= 15 is 0 Å². The molecule has 1 fully saturated rings.